The van der Waals surface area contributed by atoms with E-state index < -0.39 is 0 Å². The van der Waals surface area contributed by atoms with Gasteiger partial charge < -0.3 is 15.3 Å². The molecule has 1 aromatic carbocycles. The molecule has 1 unspecified atom stereocenters. The third-order valence-corrected chi connectivity index (χ3v) is 3.48. The predicted octanol–water partition coefficient (Wildman–Crippen LogP) is 1.66. The zero-order chi connectivity index (χ0) is 13.1. The number of rotatable bonds is 5. The highest BCUT2D eigenvalue weighted by Crippen LogP contribution is 2.27. The molecule has 0 spiro atoms. The van der Waals surface area contributed by atoms with Crippen molar-refractivity contribution in [3.05, 3.63) is 29.8 Å². The van der Waals surface area contributed by atoms with Crippen LogP contribution in [0.15, 0.2) is 24.3 Å². The molecular weight excluding hydrogens is 228 g/mol. The molecule has 98 valence electrons. The van der Waals surface area contributed by atoms with E-state index in [1.807, 2.05) is 19.1 Å². The first kappa shape index (κ1) is 12.9. The van der Waals surface area contributed by atoms with E-state index in [9.17, 15) is 9.90 Å². The average Bonchev–Trinajstić information content (AvgIpc) is 3.19. The van der Waals surface area contributed by atoms with E-state index in [4.69, 9.17) is 0 Å². The van der Waals surface area contributed by atoms with Crippen molar-refractivity contribution in [2.75, 3.05) is 13.6 Å². The second-order valence-electron chi connectivity index (χ2n) is 4.89. The lowest BCUT2D eigenvalue weighted by Crippen LogP contribution is -2.37. The first-order valence-electron chi connectivity index (χ1n) is 6.36. The molecule has 18 heavy (non-hydrogen) atoms. The van der Waals surface area contributed by atoms with Crippen molar-refractivity contribution in [1.82, 2.24) is 10.2 Å². The lowest BCUT2D eigenvalue weighted by Gasteiger charge is -2.26. The number of carbonyl (C=O) groups excluding carboxylic acids is 1. The lowest BCUT2D eigenvalue weighted by molar-refractivity contribution is -0.130. The minimum absolute atomic E-state index is 0.0534. The zero-order valence-corrected chi connectivity index (χ0v) is 10.9. The van der Waals surface area contributed by atoms with Crippen LogP contribution in [0.1, 0.15) is 31.4 Å². The fraction of sp³-hybridized carbons (Fsp3) is 0.500. The number of phenols is 1. The van der Waals surface area contributed by atoms with Crippen LogP contribution in [0.25, 0.3) is 0 Å². The topological polar surface area (TPSA) is 52.6 Å². The van der Waals surface area contributed by atoms with Gasteiger partial charge in [0.05, 0.1) is 12.6 Å². The summed E-state index contributed by atoms with van der Waals surface area (Å²) in [5, 5.41) is 13.0. The van der Waals surface area contributed by atoms with Crippen molar-refractivity contribution in [2.24, 2.45) is 0 Å². The normalized spacial score (nSPS) is 16.3. The Morgan fingerprint density at radius 1 is 1.50 bits per heavy atom. The van der Waals surface area contributed by atoms with Crippen molar-refractivity contribution >= 4 is 5.91 Å². The third kappa shape index (κ3) is 3.01. The molecule has 0 bridgehead atoms. The summed E-state index contributed by atoms with van der Waals surface area (Å²) >= 11 is 0. The van der Waals surface area contributed by atoms with Crippen LogP contribution in [-0.2, 0) is 4.79 Å². The number of hydrogen-bond acceptors (Lipinski definition) is 3. The van der Waals surface area contributed by atoms with Gasteiger partial charge in [-0.2, -0.15) is 0 Å². The number of nitrogens with one attached hydrogen (secondary N) is 1. The van der Waals surface area contributed by atoms with Gasteiger partial charge in [0.25, 0.3) is 0 Å². The molecule has 1 aliphatic carbocycles. The Kier molecular flexibility index (Phi) is 3.87. The molecule has 0 aliphatic heterocycles. The van der Waals surface area contributed by atoms with Crippen molar-refractivity contribution in [3.63, 3.8) is 0 Å². The van der Waals surface area contributed by atoms with Crippen LogP contribution in [0.3, 0.4) is 0 Å². The van der Waals surface area contributed by atoms with E-state index in [-0.39, 0.29) is 17.7 Å². The maximum Gasteiger partial charge on any atom is 0.236 e. The van der Waals surface area contributed by atoms with Crippen LogP contribution >= 0.6 is 0 Å². The summed E-state index contributed by atoms with van der Waals surface area (Å²) in [7, 11) is 1.77. The smallest absolute Gasteiger partial charge is 0.236 e. The number of benzene rings is 1. The summed E-state index contributed by atoms with van der Waals surface area (Å²) in [5.41, 5.74) is 0.778. The Balaban J connectivity index is 1.96. The molecule has 2 N–H and O–H groups in total. The van der Waals surface area contributed by atoms with Crippen LogP contribution in [0, 0.1) is 0 Å². The minimum atomic E-state index is -0.125. The number of aromatic hydroxyl groups is 1. The number of para-hydroxylation sites is 1. The van der Waals surface area contributed by atoms with E-state index in [1.165, 1.54) is 12.8 Å². The Morgan fingerprint density at radius 2 is 2.17 bits per heavy atom. The molecule has 1 aromatic rings. The van der Waals surface area contributed by atoms with Gasteiger partial charge in [-0.25, -0.2) is 0 Å². The van der Waals surface area contributed by atoms with E-state index in [1.54, 1.807) is 24.1 Å². The van der Waals surface area contributed by atoms with Gasteiger partial charge in [-0.15, -0.1) is 0 Å². The first-order valence-corrected chi connectivity index (χ1v) is 6.36. The van der Waals surface area contributed by atoms with Crippen molar-refractivity contribution in [1.29, 1.82) is 0 Å². The zero-order valence-electron chi connectivity index (χ0n) is 10.9. The maximum atomic E-state index is 12.0. The standard InChI is InChI=1S/C14H20N2O2/c1-10(12-5-3-4-6-13(12)17)16(2)14(18)9-15-11-7-8-11/h3-6,10-11,15,17H,7-9H2,1-2H3. The second-order valence-corrected chi connectivity index (χ2v) is 4.89. The van der Waals surface area contributed by atoms with Gasteiger partial charge >= 0.3 is 0 Å². The van der Waals surface area contributed by atoms with Gasteiger partial charge in [-0.05, 0) is 25.8 Å². The molecule has 0 saturated heterocycles. The van der Waals surface area contributed by atoms with Gasteiger partial charge in [-0.1, -0.05) is 18.2 Å². The van der Waals surface area contributed by atoms with Gasteiger partial charge in [0.15, 0.2) is 0 Å². The van der Waals surface area contributed by atoms with Crippen molar-refractivity contribution < 1.29 is 9.90 Å². The number of amides is 1. The highest BCUT2D eigenvalue weighted by Gasteiger charge is 2.24. The highest BCUT2D eigenvalue weighted by atomic mass is 16.3. The highest BCUT2D eigenvalue weighted by molar-refractivity contribution is 5.78. The number of nitrogens with zero attached hydrogens (tertiary/aromatic N) is 1. The molecule has 2 rings (SSSR count). The molecule has 1 amide bonds. The lowest BCUT2D eigenvalue weighted by atomic mass is 10.1. The molecule has 1 atom stereocenters. The van der Waals surface area contributed by atoms with Crippen LogP contribution in [0.2, 0.25) is 0 Å². The van der Waals surface area contributed by atoms with Crippen LogP contribution < -0.4 is 5.32 Å². The third-order valence-electron chi connectivity index (χ3n) is 3.48. The number of phenolic OH excluding ortho intramolecular Hbond substituents is 1. The Hall–Kier alpha value is -1.55. The van der Waals surface area contributed by atoms with Gasteiger partial charge in [0, 0.05) is 18.7 Å². The Morgan fingerprint density at radius 3 is 2.78 bits per heavy atom. The Bertz CT molecular complexity index is 430. The monoisotopic (exact) mass is 248 g/mol. The van der Waals surface area contributed by atoms with Crippen LogP contribution in [0.4, 0.5) is 0 Å². The summed E-state index contributed by atoms with van der Waals surface area (Å²) in [5.74, 6) is 0.289. The fourth-order valence-electron chi connectivity index (χ4n) is 1.91. The molecule has 0 heterocycles. The molecule has 1 saturated carbocycles. The predicted molar refractivity (Wildman–Crippen MR) is 70.3 cm³/mol. The quantitative estimate of drug-likeness (QED) is 0.833. The van der Waals surface area contributed by atoms with E-state index in [0.717, 1.165) is 5.56 Å². The van der Waals surface area contributed by atoms with Gasteiger partial charge in [0.2, 0.25) is 5.91 Å². The SMILES string of the molecule is CC(c1ccccc1O)N(C)C(=O)CNC1CC1. The first-order chi connectivity index (χ1) is 8.59. The van der Waals surface area contributed by atoms with E-state index >= 15 is 0 Å². The van der Waals surface area contributed by atoms with Crippen molar-refractivity contribution in [3.8, 4) is 5.75 Å². The van der Waals surface area contributed by atoms with Crippen molar-refractivity contribution in [2.45, 2.75) is 31.8 Å². The molecule has 0 radical (unpaired) electrons. The summed E-state index contributed by atoms with van der Waals surface area (Å²) in [4.78, 5) is 13.7. The molecule has 4 nitrogen and oxygen atoms in total. The molecule has 0 aromatic heterocycles. The maximum absolute atomic E-state index is 12.0. The van der Waals surface area contributed by atoms with E-state index in [2.05, 4.69) is 5.32 Å². The number of likely N-dealkylation sites (N-methyl/N-ethyl adjacent to an activating group) is 1. The molecule has 1 fully saturated rings. The largest absolute Gasteiger partial charge is 0.508 e. The number of hydrogen-bond donors (Lipinski definition) is 2. The summed E-state index contributed by atoms with van der Waals surface area (Å²) < 4.78 is 0. The second kappa shape index (κ2) is 5.40. The fourth-order valence-corrected chi connectivity index (χ4v) is 1.91. The summed E-state index contributed by atoms with van der Waals surface area (Å²) in [6.45, 7) is 2.29. The van der Waals surface area contributed by atoms with Gasteiger partial charge in [-0.3, -0.25) is 4.79 Å². The average molecular weight is 248 g/mol. The van der Waals surface area contributed by atoms with Crippen LogP contribution in [-0.4, -0.2) is 35.5 Å². The molecule has 1 aliphatic rings. The van der Waals surface area contributed by atoms with E-state index in [0.29, 0.717) is 12.6 Å². The Labute approximate surface area is 108 Å². The minimum Gasteiger partial charge on any atom is -0.508 e. The van der Waals surface area contributed by atoms with Crippen LogP contribution in [0.5, 0.6) is 5.75 Å². The van der Waals surface area contributed by atoms with Gasteiger partial charge in [0.1, 0.15) is 5.75 Å². The molecule has 4 heteroatoms. The molecular formula is C14H20N2O2. The summed E-state index contributed by atoms with van der Waals surface area (Å²) in [6.07, 6.45) is 2.35. The number of carbonyl (C=O) groups is 1. The summed E-state index contributed by atoms with van der Waals surface area (Å²) in [6, 6.07) is 7.54.